The molecule has 2 aliphatic rings. The SMILES string of the molecule is CCOC(=O)C1C(C(N)=O)SC2C=CC=CC21. The van der Waals surface area contributed by atoms with Gasteiger partial charge in [0, 0.05) is 11.2 Å². The number of allylic oxidation sites excluding steroid dienone is 3. The van der Waals surface area contributed by atoms with Crippen molar-refractivity contribution in [2.45, 2.75) is 17.4 Å². The highest BCUT2D eigenvalue weighted by Crippen LogP contribution is 2.46. The van der Waals surface area contributed by atoms with E-state index in [1.54, 1.807) is 6.92 Å². The summed E-state index contributed by atoms with van der Waals surface area (Å²) in [6.07, 6.45) is 7.80. The molecule has 0 bridgehead atoms. The second kappa shape index (κ2) is 4.96. The van der Waals surface area contributed by atoms with Gasteiger partial charge in [-0.15, -0.1) is 11.8 Å². The molecule has 2 N–H and O–H groups in total. The Morgan fingerprint density at radius 2 is 2.06 bits per heavy atom. The van der Waals surface area contributed by atoms with Crippen LogP contribution >= 0.6 is 11.8 Å². The third-order valence-electron chi connectivity index (χ3n) is 3.01. The standard InChI is InChI=1S/C12H15NO3S/c1-2-16-12(15)9-7-5-3-4-6-8(7)17-10(9)11(13)14/h3-10H,2H2,1H3,(H2,13,14). The van der Waals surface area contributed by atoms with E-state index < -0.39 is 17.1 Å². The zero-order valence-electron chi connectivity index (χ0n) is 9.54. The van der Waals surface area contributed by atoms with Crippen LogP contribution in [0, 0.1) is 11.8 Å². The summed E-state index contributed by atoms with van der Waals surface area (Å²) < 4.78 is 5.04. The molecule has 1 aliphatic carbocycles. The van der Waals surface area contributed by atoms with Gasteiger partial charge >= 0.3 is 5.97 Å². The van der Waals surface area contributed by atoms with E-state index in [4.69, 9.17) is 10.5 Å². The maximum Gasteiger partial charge on any atom is 0.311 e. The fraction of sp³-hybridized carbons (Fsp3) is 0.500. The van der Waals surface area contributed by atoms with Gasteiger partial charge in [-0.3, -0.25) is 9.59 Å². The number of primary amides is 1. The Bertz CT molecular complexity index is 391. The lowest BCUT2D eigenvalue weighted by Gasteiger charge is -2.20. The van der Waals surface area contributed by atoms with Crippen LogP contribution in [-0.2, 0) is 14.3 Å². The van der Waals surface area contributed by atoms with E-state index in [0.717, 1.165) is 0 Å². The fourth-order valence-corrected chi connectivity index (χ4v) is 3.84. The average molecular weight is 253 g/mol. The summed E-state index contributed by atoms with van der Waals surface area (Å²) >= 11 is 1.45. The molecule has 4 atom stereocenters. The van der Waals surface area contributed by atoms with E-state index in [1.807, 2.05) is 24.3 Å². The number of amides is 1. The van der Waals surface area contributed by atoms with E-state index in [9.17, 15) is 9.59 Å². The topological polar surface area (TPSA) is 69.4 Å². The van der Waals surface area contributed by atoms with Gasteiger partial charge < -0.3 is 10.5 Å². The maximum atomic E-state index is 11.9. The van der Waals surface area contributed by atoms with Crippen molar-refractivity contribution in [3.8, 4) is 0 Å². The van der Waals surface area contributed by atoms with Crippen LogP contribution in [0.1, 0.15) is 6.92 Å². The quantitative estimate of drug-likeness (QED) is 0.758. The second-order valence-electron chi connectivity index (χ2n) is 4.05. The molecule has 0 saturated carbocycles. The van der Waals surface area contributed by atoms with Crippen LogP contribution in [0.4, 0.5) is 0 Å². The van der Waals surface area contributed by atoms with Crippen LogP contribution in [0.5, 0.6) is 0 Å². The maximum absolute atomic E-state index is 11.9. The molecule has 0 aromatic carbocycles. The molecule has 92 valence electrons. The number of ether oxygens (including phenoxy) is 1. The molecule has 17 heavy (non-hydrogen) atoms. The van der Waals surface area contributed by atoms with E-state index in [2.05, 4.69) is 0 Å². The number of nitrogens with two attached hydrogens (primary N) is 1. The van der Waals surface area contributed by atoms with E-state index >= 15 is 0 Å². The Labute approximate surface area is 104 Å². The zero-order chi connectivity index (χ0) is 12.4. The van der Waals surface area contributed by atoms with Gasteiger partial charge in [-0.25, -0.2) is 0 Å². The van der Waals surface area contributed by atoms with Gasteiger partial charge in [-0.1, -0.05) is 24.3 Å². The summed E-state index contributed by atoms with van der Waals surface area (Å²) in [6, 6.07) is 0. The summed E-state index contributed by atoms with van der Waals surface area (Å²) in [4.78, 5) is 23.3. The van der Waals surface area contributed by atoms with Crippen molar-refractivity contribution in [3.63, 3.8) is 0 Å². The minimum absolute atomic E-state index is 0.0153. The minimum atomic E-state index is -0.489. The van der Waals surface area contributed by atoms with Gasteiger partial charge in [-0.05, 0) is 6.92 Å². The van der Waals surface area contributed by atoms with Crippen molar-refractivity contribution in [2.24, 2.45) is 17.6 Å². The molecule has 0 radical (unpaired) electrons. The summed E-state index contributed by atoms with van der Waals surface area (Å²) in [6.45, 7) is 2.08. The molecule has 1 aliphatic heterocycles. The summed E-state index contributed by atoms with van der Waals surface area (Å²) in [5.74, 6) is -1.20. The van der Waals surface area contributed by atoms with Gasteiger partial charge in [-0.2, -0.15) is 0 Å². The lowest BCUT2D eigenvalue weighted by Crippen LogP contribution is -2.37. The average Bonchev–Trinajstić information content (AvgIpc) is 2.68. The number of hydrogen-bond acceptors (Lipinski definition) is 4. The molecule has 1 amide bonds. The number of carbonyl (C=O) groups is 2. The highest BCUT2D eigenvalue weighted by molar-refractivity contribution is 8.01. The largest absolute Gasteiger partial charge is 0.466 e. The third kappa shape index (κ3) is 2.24. The Kier molecular flexibility index (Phi) is 3.57. The minimum Gasteiger partial charge on any atom is -0.466 e. The molecular weight excluding hydrogens is 238 g/mol. The zero-order valence-corrected chi connectivity index (χ0v) is 10.4. The van der Waals surface area contributed by atoms with Gasteiger partial charge in [0.15, 0.2) is 0 Å². The summed E-state index contributed by atoms with van der Waals surface area (Å²) in [7, 11) is 0. The van der Waals surface area contributed by atoms with Crippen LogP contribution in [-0.4, -0.2) is 29.0 Å². The highest BCUT2D eigenvalue weighted by Gasteiger charge is 2.49. The monoisotopic (exact) mass is 253 g/mol. The molecule has 1 saturated heterocycles. The smallest absolute Gasteiger partial charge is 0.311 e. The summed E-state index contributed by atoms with van der Waals surface area (Å²) in [5.41, 5.74) is 5.36. The van der Waals surface area contributed by atoms with Crippen molar-refractivity contribution in [2.75, 3.05) is 6.61 Å². The van der Waals surface area contributed by atoms with Gasteiger partial charge in [0.1, 0.15) is 0 Å². The molecule has 2 rings (SSSR count). The van der Waals surface area contributed by atoms with Crippen LogP contribution in [0.3, 0.4) is 0 Å². The molecular formula is C12H15NO3S. The number of esters is 1. The Hall–Kier alpha value is -1.23. The molecule has 4 nitrogen and oxygen atoms in total. The van der Waals surface area contributed by atoms with Crippen LogP contribution in [0.2, 0.25) is 0 Å². The first-order chi connectivity index (χ1) is 8.15. The van der Waals surface area contributed by atoms with E-state index in [0.29, 0.717) is 6.61 Å². The van der Waals surface area contributed by atoms with E-state index in [-0.39, 0.29) is 17.1 Å². The number of fused-ring (bicyclic) bond motifs is 1. The lowest BCUT2D eigenvalue weighted by atomic mass is 9.84. The van der Waals surface area contributed by atoms with Crippen molar-refractivity contribution in [1.82, 2.24) is 0 Å². The van der Waals surface area contributed by atoms with Crippen LogP contribution in [0.25, 0.3) is 0 Å². The molecule has 4 unspecified atom stereocenters. The Morgan fingerprint density at radius 3 is 2.71 bits per heavy atom. The lowest BCUT2D eigenvalue weighted by molar-refractivity contribution is -0.150. The predicted octanol–water partition coefficient (Wildman–Crippen LogP) is 0.877. The molecule has 1 fully saturated rings. The second-order valence-corrected chi connectivity index (χ2v) is 5.37. The first-order valence-electron chi connectivity index (χ1n) is 5.61. The fourth-order valence-electron chi connectivity index (χ4n) is 2.28. The van der Waals surface area contributed by atoms with E-state index in [1.165, 1.54) is 11.8 Å². The van der Waals surface area contributed by atoms with Gasteiger partial charge in [0.25, 0.3) is 0 Å². The summed E-state index contributed by atoms with van der Waals surface area (Å²) in [5, 5.41) is -0.344. The number of rotatable bonds is 3. The first-order valence-corrected chi connectivity index (χ1v) is 6.56. The molecule has 5 heteroatoms. The van der Waals surface area contributed by atoms with Crippen molar-refractivity contribution in [1.29, 1.82) is 0 Å². The third-order valence-corrected chi connectivity index (χ3v) is 4.61. The van der Waals surface area contributed by atoms with Crippen molar-refractivity contribution < 1.29 is 14.3 Å². The van der Waals surface area contributed by atoms with Crippen LogP contribution < -0.4 is 5.73 Å². The van der Waals surface area contributed by atoms with Crippen molar-refractivity contribution >= 4 is 23.6 Å². The molecule has 0 aromatic heterocycles. The predicted molar refractivity (Wildman–Crippen MR) is 66.3 cm³/mol. The van der Waals surface area contributed by atoms with Gasteiger partial charge in [0.2, 0.25) is 5.91 Å². The highest BCUT2D eigenvalue weighted by atomic mass is 32.2. The number of thioether (sulfide) groups is 1. The molecule has 0 spiro atoms. The normalized spacial score (nSPS) is 34.4. The molecule has 0 aromatic rings. The number of carbonyl (C=O) groups excluding carboxylic acids is 2. The first kappa shape index (κ1) is 12.2. The van der Waals surface area contributed by atoms with Crippen LogP contribution in [0.15, 0.2) is 24.3 Å². The van der Waals surface area contributed by atoms with Crippen molar-refractivity contribution in [3.05, 3.63) is 24.3 Å². The molecule has 1 heterocycles. The Morgan fingerprint density at radius 1 is 1.35 bits per heavy atom. The van der Waals surface area contributed by atoms with Gasteiger partial charge in [0.05, 0.1) is 17.8 Å². The Balaban J connectivity index is 2.24. The number of hydrogen-bond donors (Lipinski definition) is 1.